The number of rotatable bonds is 7. The Morgan fingerprint density at radius 2 is 1.95 bits per heavy atom. The molecule has 0 spiro atoms. The second-order valence-electron chi connectivity index (χ2n) is 6.84. The zero-order valence-electron chi connectivity index (χ0n) is 13.1. The summed E-state index contributed by atoms with van der Waals surface area (Å²) >= 11 is 0. The van der Waals surface area contributed by atoms with Crippen LogP contribution < -0.4 is 5.32 Å². The predicted octanol–water partition coefficient (Wildman–Crippen LogP) is 3.58. The molecule has 2 fully saturated rings. The van der Waals surface area contributed by atoms with E-state index in [1.54, 1.807) is 0 Å². The van der Waals surface area contributed by atoms with Gasteiger partial charge < -0.3 is 10.2 Å². The fourth-order valence-electron chi connectivity index (χ4n) is 4.02. The van der Waals surface area contributed by atoms with Gasteiger partial charge in [0.25, 0.3) is 0 Å². The van der Waals surface area contributed by atoms with E-state index in [9.17, 15) is 0 Å². The van der Waals surface area contributed by atoms with Gasteiger partial charge in [-0.1, -0.05) is 12.5 Å². The molecule has 0 radical (unpaired) electrons. The van der Waals surface area contributed by atoms with Crippen molar-refractivity contribution in [3.63, 3.8) is 0 Å². The molecule has 2 heterocycles. The van der Waals surface area contributed by atoms with E-state index in [1.165, 1.54) is 57.1 Å². The van der Waals surface area contributed by atoms with Crippen LogP contribution in [0.1, 0.15) is 58.8 Å². The van der Waals surface area contributed by atoms with Gasteiger partial charge >= 0.3 is 0 Å². The van der Waals surface area contributed by atoms with Crippen LogP contribution in [0.15, 0.2) is 12.2 Å². The molecule has 2 aliphatic rings. The number of hydrogen-bond donors (Lipinski definition) is 1. The summed E-state index contributed by atoms with van der Waals surface area (Å²) in [4.78, 5) is 2.64. The highest BCUT2D eigenvalue weighted by molar-refractivity contribution is 4.98. The van der Waals surface area contributed by atoms with Crippen LogP contribution in [0, 0.1) is 5.92 Å². The Morgan fingerprint density at radius 1 is 1.32 bits per heavy atom. The Bertz CT molecular complexity index is 286. The Kier molecular flexibility index (Phi) is 5.47. The fourth-order valence-corrected chi connectivity index (χ4v) is 4.02. The molecule has 0 amide bonds. The largest absolute Gasteiger partial charge is 0.314 e. The van der Waals surface area contributed by atoms with E-state index >= 15 is 0 Å². The first-order valence-corrected chi connectivity index (χ1v) is 8.21. The second-order valence-corrected chi connectivity index (χ2v) is 6.84. The van der Waals surface area contributed by atoms with Crippen LogP contribution >= 0.6 is 0 Å². The lowest BCUT2D eigenvalue weighted by Crippen LogP contribution is -2.47. The van der Waals surface area contributed by atoms with E-state index in [0.29, 0.717) is 6.04 Å². The monoisotopic (exact) mass is 264 g/mol. The number of fused-ring (bicyclic) bond motifs is 2. The summed E-state index contributed by atoms with van der Waals surface area (Å²) in [5.74, 6) is 0.889. The molecule has 19 heavy (non-hydrogen) atoms. The third kappa shape index (κ3) is 3.82. The van der Waals surface area contributed by atoms with E-state index in [1.807, 2.05) is 0 Å². The number of nitrogens with zero attached hydrogens (tertiary/aromatic N) is 1. The zero-order valence-corrected chi connectivity index (χ0v) is 13.1. The SMILES string of the molecule is C=C(C)CCC(NCCC)C1CC2CCC(C1)N2C. The summed E-state index contributed by atoms with van der Waals surface area (Å²) in [7, 11) is 2.33. The molecule has 2 aliphatic heterocycles. The van der Waals surface area contributed by atoms with E-state index in [0.717, 1.165) is 18.0 Å². The van der Waals surface area contributed by atoms with Gasteiger partial charge in [-0.2, -0.15) is 0 Å². The molecule has 0 aromatic rings. The van der Waals surface area contributed by atoms with Crippen molar-refractivity contribution < 1.29 is 0 Å². The van der Waals surface area contributed by atoms with Gasteiger partial charge in [0, 0.05) is 18.1 Å². The molecule has 0 aromatic heterocycles. The Balaban J connectivity index is 1.92. The molecule has 0 saturated carbocycles. The summed E-state index contributed by atoms with van der Waals surface area (Å²) in [6.45, 7) is 9.67. The molecule has 2 heteroatoms. The lowest BCUT2D eigenvalue weighted by atomic mass is 9.82. The van der Waals surface area contributed by atoms with E-state index in [-0.39, 0.29) is 0 Å². The third-order valence-corrected chi connectivity index (χ3v) is 5.24. The molecule has 2 bridgehead atoms. The Morgan fingerprint density at radius 3 is 2.47 bits per heavy atom. The van der Waals surface area contributed by atoms with Gasteiger partial charge in [0.2, 0.25) is 0 Å². The maximum atomic E-state index is 4.07. The highest BCUT2D eigenvalue weighted by Crippen LogP contribution is 2.39. The fraction of sp³-hybridized carbons (Fsp3) is 0.882. The van der Waals surface area contributed by atoms with Crippen molar-refractivity contribution in [1.82, 2.24) is 10.2 Å². The van der Waals surface area contributed by atoms with Crippen LogP contribution in [0.5, 0.6) is 0 Å². The zero-order chi connectivity index (χ0) is 13.8. The summed E-state index contributed by atoms with van der Waals surface area (Å²) in [5.41, 5.74) is 1.33. The van der Waals surface area contributed by atoms with Crippen molar-refractivity contribution in [2.24, 2.45) is 5.92 Å². The summed E-state index contributed by atoms with van der Waals surface area (Å²) in [6, 6.07) is 2.44. The first-order valence-electron chi connectivity index (χ1n) is 8.21. The van der Waals surface area contributed by atoms with Crippen molar-refractivity contribution in [2.45, 2.75) is 76.9 Å². The maximum absolute atomic E-state index is 4.07. The molecule has 2 saturated heterocycles. The van der Waals surface area contributed by atoms with Gasteiger partial charge in [-0.25, -0.2) is 0 Å². The quantitative estimate of drug-likeness (QED) is 0.707. The Hall–Kier alpha value is -0.340. The average molecular weight is 264 g/mol. The molecule has 3 atom stereocenters. The summed E-state index contributed by atoms with van der Waals surface area (Å²) in [5, 5.41) is 3.82. The minimum Gasteiger partial charge on any atom is -0.314 e. The minimum atomic E-state index is 0.716. The molecule has 3 unspecified atom stereocenters. The van der Waals surface area contributed by atoms with Crippen molar-refractivity contribution in [2.75, 3.05) is 13.6 Å². The van der Waals surface area contributed by atoms with Gasteiger partial charge in [0.15, 0.2) is 0 Å². The predicted molar refractivity (Wildman–Crippen MR) is 83.4 cm³/mol. The van der Waals surface area contributed by atoms with Crippen LogP contribution in [-0.2, 0) is 0 Å². The van der Waals surface area contributed by atoms with E-state index < -0.39 is 0 Å². The van der Waals surface area contributed by atoms with Gasteiger partial charge in [-0.05, 0) is 71.4 Å². The van der Waals surface area contributed by atoms with Gasteiger partial charge in [-0.3, -0.25) is 0 Å². The second kappa shape index (κ2) is 6.90. The van der Waals surface area contributed by atoms with Gasteiger partial charge in [-0.15, -0.1) is 6.58 Å². The lowest BCUT2D eigenvalue weighted by molar-refractivity contribution is 0.110. The van der Waals surface area contributed by atoms with Crippen molar-refractivity contribution in [1.29, 1.82) is 0 Å². The number of allylic oxidation sites excluding steroid dienone is 1. The first-order chi connectivity index (χ1) is 9.11. The third-order valence-electron chi connectivity index (χ3n) is 5.24. The summed E-state index contributed by atoms with van der Waals surface area (Å²) in [6.07, 6.45) is 9.38. The van der Waals surface area contributed by atoms with Crippen LogP contribution in [0.25, 0.3) is 0 Å². The highest BCUT2D eigenvalue weighted by Gasteiger charge is 2.40. The molecule has 0 aromatic carbocycles. The topological polar surface area (TPSA) is 15.3 Å². The van der Waals surface area contributed by atoms with Gasteiger partial charge in [0.05, 0.1) is 0 Å². The van der Waals surface area contributed by atoms with Crippen molar-refractivity contribution in [3.05, 3.63) is 12.2 Å². The van der Waals surface area contributed by atoms with E-state index in [4.69, 9.17) is 0 Å². The molecule has 0 aliphatic carbocycles. The number of piperidine rings is 1. The molecule has 1 N–H and O–H groups in total. The number of nitrogens with one attached hydrogen (secondary N) is 1. The maximum Gasteiger partial charge on any atom is 0.00995 e. The molecule has 110 valence electrons. The molecular weight excluding hydrogens is 232 g/mol. The molecule has 2 nitrogen and oxygen atoms in total. The Labute approximate surface area is 119 Å². The van der Waals surface area contributed by atoms with Crippen LogP contribution in [-0.4, -0.2) is 36.6 Å². The van der Waals surface area contributed by atoms with Crippen LogP contribution in [0.2, 0.25) is 0 Å². The van der Waals surface area contributed by atoms with Gasteiger partial charge in [0.1, 0.15) is 0 Å². The number of hydrogen-bond acceptors (Lipinski definition) is 2. The smallest absolute Gasteiger partial charge is 0.00995 e. The van der Waals surface area contributed by atoms with Crippen molar-refractivity contribution >= 4 is 0 Å². The minimum absolute atomic E-state index is 0.716. The normalized spacial score (nSPS) is 32.5. The first kappa shape index (κ1) is 15.1. The van der Waals surface area contributed by atoms with Crippen LogP contribution in [0.3, 0.4) is 0 Å². The van der Waals surface area contributed by atoms with Crippen LogP contribution in [0.4, 0.5) is 0 Å². The highest BCUT2D eigenvalue weighted by atomic mass is 15.2. The standard InChI is InChI=1S/C17H32N2/c1-5-10-18-17(9-6-13(2)3)14-11-15-7-8-16(12-14)19(15)4/h14-18H,2,5-12H2,1,3-4H3. The van der Waals surface area contributed by atoms with E-state index in [2.05, 4.69) is 37.7 Å². The lowest BCUT2D eigenvalue weighted by Gasteiger charge is -2.40. The van der Waals surface area contributed by atoms with Crippen molar-refractivity contribution in [3.8, 4) is 0 Å². The molecule has 2 rings (SSSR count). The summed E-state index contributed by atoms with van der Waals surface area (Å²) < 4.78 is 0. The molecular formula is C17H32N2. The average Bonchev–Trinajstić information content (AvgIpc) is 2.62.